The third-order valence-corrected chi connectivity index (χ3v) is 4.87. The molecule has 18 heavy (non-hydrogen) atoms. The van der Waals surface area contributed by atoms with Crippen molar-refractivity contribution in [2.75, 3.05) is 0 Å². The number of furan rings is 1. The Kier molecular flexibility index (Phi) is 2.33. The second-order valence-corrected chi connectivity index (χ2v) is 5.77. The van der Waals surface area contributed by atoms with Gasteiger partial charge in [0.05, 0.1) is 12.4 Å². The largest absolute Gasteiger partial charge is 0.460 e. The van der Waals surface area contributed by atoms with Crippen molar-refractivity contribution >= 4 is 5.78 Å². The van der Waals surface area contributed by atoms with Crippen LogP contribution in [0.15, 0.2) is 22.3 Å². The minimum absolute atomic E-state index is 0.0440. The van der Waals surface area contributed by atoms with Gasteiger partial charge in [0, 0.05) is 16.6 Å². The zero-order valence-electron chi connectivity index (χ0n) is 11.0. The van der Waals surface area contributed by atoms with E-state index in [0.717, 1.165) is 24.0 Å². The molecule has 3 nitrogen and oxygen atoms in total. The maximum absolute atomic E-state index is 12.5. The van der Waals surface area contributed by atoms with Gasteiger partial charge in [-0.05, 0) is 31.2 Å². The molecule has 0 bridgehead atoms. The lowest BCUT2D eigenvalue weighted by Gasteiger charge is -2.46. The Morgan fingerprint density at radius 2 is 2.22 bits per heavy atom. The van der Waals surface area contributed by atoms with E-state index in [4.69, 9.17) is 4.42 Å². The Morgan fingerprint density at radius 1 is 1.50 bits per heavy atom. The van der Waals surface area contributed by atoms with E-state index in [1.165, 1.54) is 0 Å². The SMILES string of the molecule is Cc1coc2c1[C@@H](O)[C@@]1(C)C(=CCC[C@@H]1C)C2=O. The van der Waals surface area contributed by atoms with Crippen LogP contribution in [0.4, 0.5) is 0 Å². The van der Waals surface area contributed by atoms with Crippen LogP contribution in [0.25, 0.3) is 0 Å². The lowest BCUT2D eigenvalue weighted by atomic mass is 9.58. The van der Waals surface area contributed by atoms with Crippen LogP contribution in [0, 0.1) is 18.3 Å². The fourth-order valence-electron chi connectivity index (χ4n) is 3.41. The Labute approximate surface area is 106 Å². The number of aryl methyl sites for hydroxylation is 1. The van der Waals surface area contributed by atoms with Crippen molar-refractivity contribution in [3.05, 3.63) is 34.8 Å². The van der Waals surface area contributed by atoms with E-state index in [9.17, 15) is 9.90 Å². The first-order valence-electron chi connectivity index (χ1n) is 6.49. The number of hydrogen-bond donors (Lipinski definition) is 1. The molecule has 3 atom stereocenters. The minimum atomic E-state index is -0.648. The molecular weight excluding hydrogens is 228 g/mol. The molecule has 0 unspecified atom stereocenters. The smallest absolute Gasteiger partial charge is 0.224 e. The van der Waals surface area contributed by atoms with Crippen LogP contribution in [-0.2, 0) is 0 Å². The molecule has 0 radical (unpaired) electrons. The minimum Gasteiger partial charge on any atom is -0.460 e. The van der Waals surface area contributed by atoms with E-state index in [0.29, 0.717) is 17.2 Å². The number of carbonyl (C=O) groups excluding carboxylic acids is 1. The van der Waals surface area contributed by atoms with Crippen LogP contribution in [-0.4, -0.2) is 10.9 Å². The maximum atomic E-state index is 12.5. The molecule has 1 heterocycles. The molecule has 1 N–H and O–H groups in total. The number of aliphatic hydroxyl groups is 1. The third kappa shape index (κ3) is 1.20. The summed E-state index contributed by atoms with van der Waals surface area (Å²) in [5.74, 6) is 0.578. The van der Waals surface area contributed by atoms with Crippen LogP contribution in [0.3, 0.4) is 0 Å². The molecule has 2 aliphatic rings. The van der Waals surface area contributed by atoms with Crippen molar-refractivity contribution in [3.63, 3.8) is 0 Å². The Hall–Kier alpha value is -1.35. The quantitative estimate of drug-likeness (QED) is 0.764. The van der Waals surface area contributed by atoms with E-state index in [1.54, 1.807) is 6.26 Å². The standard InChI is InChI=1S/C15H18O3/c1-8-7-18-13-11(8)14(17)15(3)9(2)5-4-6-10(15)12(13)16/h6-7,9,14,17H,4-5H2,1-3H3/t9-,14+,15+/m0/s1. The van der Waals surface area contributed by atoms with Crippen LogP contribution < -0.4 is 0 Å². The molecule has 0 saturated heterocycles. The van der Waals surface area contributed by atoms with E-state index in [1.807, 2.05) is 19.9 Å². The van der Waals surface area contributed by atoms with Gasteiger partial charge in [-0.3, -0.25) is 4.79 Å². The van der Waals surface area contributed by atoms with Gasteiger partial charge in [-0.15, -0.1) is 0 Å². The summed E-state index contributed by atoms with van der Waals surface area (Å²) < 4.78 is 5.35. The highest BCUT2D eigenvalue weighted by molar-refractivity contribution is 6.10. The number of Topliss-reactive ketones (excluding diaryl/α,β-unsaturated/α-hetero) is 1. The molecule has 1 aromatic heterocycles. The molecule has 0 aromatic carbocycles. The normalized spacial score (nSPS) is 34.9. The van der Waals surface area contributed by atoms with Gasteiger partial charge in [0.25, 0.3) is 0 Å². The predicted molar refractivity (Wildman–Crippen MR) is 67.3 cm³/mol. The summed E-state index contributed by atoms with van der Waals surface area (Å²) in [7, 11) is 0. The molecular formula is C15H18O3. The fourth-order valence-corrected chi connectivity index (χ4v) is 3.41. The summed E-state index contributed by atoms with van der Waals surface area (Å²) in [5, 5.41) is 10.7. The van der Waals surface area contributed by atoms with Gasteiger partial charge in [0.2, 0.25) is 5.78 Å². The van der Waals surface area contributed by atoms with Crippen LogP contribution >= 0.6 is 0 Å². The van der Waals surface area contributed by atoms with Crippen molar-refractivity contribution in [2.24, 2.45) is 11.3 Å². The number of ketones is 1. The third-order valence-electron chi connectivity index (χ3n) is 4.87. The molecule has 0 saturated carbocycles. The summed E-state index contributed by atoms with van der Waals surface area (Å²) >= 11 is 0. The fraction of sp³-hybridized carbons (Fsp3) is 0.533. The molecule has 96 valence electrons. The summed E-state index contributed by atoms with van der Waals surface area (Å²) in [5.41, 5.74) is 1.81. The number of aliphatic hydroxyl groups excluding tert-OH is 1. The van der Waals surface area contributed by atoms with Crippen molar-refractivity contribution in [3.8, 4) is 0 Å². The zero-order valence-corrected chi connectivity index (χ0v) is 11.0. The van der Waals surface area contributed by atoms with Crippen LogP contribution in [0.5, 0.6) is 0 Å². The van der Waals surface area contributed by atoms with E-state index < -0.39 is 11.5 Å². The zero-order chi connectivity index (χ0) is 13.1. The van der Waals surface area contributed by atoms with E-state index in [-0.39, 0.29) is 5.78 Å². The molecule has 0 fully saturated rings. The summed E-state index contributed by atoms with van der Waals surface area (Å²) in [6.07, 6.45) is 4.81. The number of carbonyl (C=O) groups is 1. The first-order chi connectivity index (χ1) is 8.48. The molecule has 0 aliphatic heterocycles. The molecule has 3 heteroatoms. The summed E-state index contributed by atoms with van der Waals surface area (Å²) in [4.78, 5) is 12.5. The molecule has 3 rings (SSSR count). The van der Waals surface area contributed by atoms with Gasteiger partial charge in [0.15, 0.2) is 5.76 Å². The second-order valence-electron chi connectivity index (χ2n) is 5.77. The lowest BCUT2D eigenvalue weighted by Crippen LogP contribution is -2.43. The van der Waals surface area contributed by atoms with Crippen molar-refractivity contribution in [2.45, 2.75) is 39.7 Å². The Morgan fingerprint density at radius 3 is 2.94 bits per heavy atom. The molecule has 2 aliphatic carbocycles. The molecule has 0 amide bonds. The number of hydrogen-bond acceptors (Lipinski definition) is 3. The number of fused-ring (bicyclic) bond motifs is 2. The monoisotopic (exact) mass is 246 g/mol. The topological polar surface area (TPSA) is 50.4 Å². The van der Waals surface area contributed by atoms with Crippen LogP contribution in [0.1, 0.15) is 54.5 Å². The number of rotatable bonds is 0. The second kappa shape index (κ2) is 3.58. The highest BCUT2D eigenvalue weighted by Gasteiger charge is 2.52. The summed E-state index contributed by atoms with van der Waals surface area (Å²) in [6, 6.07) is 0. The van der Waals surface area contributed by atoms with Gasteiger partial charge in [-0.25, -0.2) is 0 Å². The lowest BCUT2D eigenvalue weighted by molar-refractivity contribution is 0.00786. The van der Waals surface area contributed by atoms with Crippen molar-refractivity contribution in [1.82, 2.24) is 0 Å². The average molecular weight is 246 g/mol. The van der Waals surface area contributed by atoms with Gasteiger partial charge >= 0.3 is 0 Å². The van der Waals surface area contributed by atoms with E-state index in [2.05, 4.69) is 6.92 Å². The maximum Gasteiger partial charge on any atom is 0.224 e. The van der Waals surface area contributed by atoms with Crippen molar-refractivity contribution < 1.29 is 14.3 Å². The van der Waals surface area contributed by atoms with Crippen LogP contribution in [0.2, 0.25) is 0 Å². The van der Waals surface area contributed by atoms with Crippen molar-refractivity contribution in [1.29, 1.82) is 0 Å². The van der Waals surface area contributed by atoms with E-state index >= 15 is 0 Å². The van der Waals surface area contributed by atoms with Gasteiger partial charge < -0.3 is 9.52 Å². The van der Waals surface area contributed by atoms with Gasteiger partial charge in [-0.1, -0.05) is 19.9 Å². The Bertz CT molecular complexity index is 552. The molecule has 1 aromatic rings. The van der Waals surface area contributed by atoms with Gasteiger partial charge in [0.1, 0.15) is 0 Å². The Balaban J connectivity index is 2.28. The first-order valence-corrected chi connectivity index (χ1v) is 6.49. The average Bonchev–Trinajstić information content (AvgIpc) is 2.72. The predicted octanol–water partition coefficient (Wildman–Crippen LogP) is 3.18. The van der Waals surface area contributed by atoms with Gasteiger partial charge in [-0.2, -0.15) is 0 Å². The molecule has 0 spiro atoms. The first kappa shape index (κ1) is 11.7. The summed E-state index contributed by atoms with van der Waals surface area (Å²) in [6.45, 7) is 5.99. The highest BCUT2D eigenvalue weighted by atomic mass is 16.3. The number of allylic oxidation sites excluding steroid dienone is 1. The highest BCUT2D eigenvalue weighted by Crippen LogP contribution is 2.55.